The van der Waals surface area contributed by atoms with Gasteiger partial charge in [-0.15, -0.1) is 0 Å². The zero-order chi connectivity index (χ0) is 9.84. The molecule has 0 aliphatic heterocycles. The number of hydrogen-bond donors (Lipinski definition) is 1. The molecular formula is C9H17N3S. The van der Waals surface area contributed by atoms with E-state index in [4.69, 9.17) is 0 Å². The van der Waals surface area contributed by atoms with Crippen molar-refractivity contribution in [2.75, 3.05) is 7.05 Å². The van der Waals surface area contributed by atoms with Crippen molar-refractivity contribution in [1.29, 1.82) is 0 Å². The Morgan fingerprint density at radius 2 is 2.23 bits per heavy atom. The van der Waals surface area contributed by atoms with E-state index in [9.17, 15) is 0 Å². The third-order valence-electron chi connectivity index (χ3n) is 2.23. The Labute approximate surface area is 83.9 Å². The van der Waals surface area contributed by atoms with Crippen LogP contribution in [0.4, 0.5) is 0 Å². The van der Waals surface area contributed by atoms with E-state index in [1.54, 1.807) is 11.8 Å². The Morgan fingerprint density at radius 1 is 1.54 bits per heavy atom. The first-order valence-electron chi connectivity index (χ1n) is 4.46. The zero-order valence-electron chi connectivity index (χ0n) is 8.61. The fraction of sp³-hybridized carbons (Fsp3) is 0.667. The van der Waals surface area contributed by atoms with E-state index in [2.05, 4.69) is 24.1 Å². The standard InChI is InChI=1S/C9H17N3S/c1-7(10-3)8(2)13-9-11-5-6-12(9)4/h5-8,10H,1-4H3. The van der Waals surface area contributed by atoms with Gasteiger partial charge in [-0.05, 0) is 14.0 Å². The summed E-state index contributed by atoms with van der Waals surface area (Å²) in [6, 6.07) is 0.502. The molecule has 0 aliphatic carbocycles. The first kappa shape index (κ1) is 10.6. The molecule has 13 heavy (non-hydrogen) atoms. The topological polar surface area (TPSA) is 29.9 Å². The summed E-state index contributed by atoms with van der Waals surface area (Å²) in [5, 5.41) is 4.85. The van der Waals surface area contributed by atoms with Crippen LogP contribution in [0.3, 0.4) is 0 Å². The first-order chi connectivity index (χ1) is 6.15. The van der Waals surface area contributed by atoms with Crippen molar-refractivity contribution in [3.05, 3.63) is 12.4 Å². The molecule has 0 saturated carbocycles. The second kappa shape index (κ2) is 4.67. The van der Waals surface area contributed by atoms with Gasteiger partial charge in [-0.2, -0.15) is 0 Å². The molecule has 0 amide bonds. The fourth-order valence-electron chi connectivity index (χ4n) is 0.969. The maximum atomic E-state index is 4.27. The fourth-order valence-corrected chi connectivity index (χ4v) is 1.99. The second-order valence-corrected chi connectivity index (χ2v) is 4.57. The molecule has 2 unspecified atom stereocenters. The molecule has 0 saturated heterocycles. The predicted molar refractivity (Wildman–Crippen MR) is 57.0 cm³/mol. The summed E-state index contributed by atoms with van der Waals surface area (Å²) in [7, 11) is 4.01. The lowest BCUT2D eigenvalue weighted by Gasteiger charge is -2.17. The lowest BCUT2D eigenvalue weighted by molar-refractivity contribution is 0.603. The predicted octanol–water partition coefficient (Wildman–Crippen LogP) is 1.51. The van der Waals surface area contributed by atoms with Crippen LogP contribution in [0.25, 0.3) is 0 Å². The average molecular weight is 199 g/mol. The Morgan fingerprint density at radius 3 is 2.69 bits per heavy atom. The molecule has 1 aromatic heterocycles. The van der Waals surface area contributed by atoms with E-state index in [1.807, 2.05) is 31.1 Å². The van der Waals surface area contributed by atoms with Crippen molar-refractivity contribution in [3.8, 4) is 0 Å². The molecule has 0 bridgehead atoms. The summed E-state index contributed by atoms with van der Waals surface area (Å²) in [4.78, 5) is 4.27. The number of nitrogens with one attached hydrogen (secondary N) is 1. The van der Waals surface area contributed by atoms with Crippen molar-refractivity contribution < 1.29 is 0 Å². The summed E-state index contributed by atoms with van der Waals surface area (Å²) >= 11 is 1.80. The summed E-state index contributed by atoms with van der Waals surface area (Å²) in [6.45, 7) is 4.39. The van der Waals surface area contributed by atoms with Crippen molar-refractivity contribution in [2.24, 2.45) is 7.05 Å². The molecule has 1 rings (SSSR count). The molecule has 1 aromatic rings. The van der Waals surface area contributed by atoms with Gasteiger partial charge in [0.05, 0.1) is 0 Å². The van der Waals surface area contributed by atoms with E-state index < -0.39 is 0 Å². The molecule has 0 fully saturated rings. The minimum atomic E-state index is 0.502. The van der Waals surface area contributed by atoms with E-state index >= 15 is 0 Å². The maximum Gasteiger partial charge on any atom is 0.167 e. The van der Waals surface area contributed by atoms with Crippen molar-refractivity contribution >= 4 is 11.8 Å². The Kier molecular flexibility index (Phi) is 3.81. The highest BCUT2D eigenvalue weighted by Gasteiger charge is 2.13. The number of rotatable bonds is 4. The molecule has 0 radical (unpaired) electrons. The van der Waals surface area contributed by atoms with E-state index in [0.29, 0.717) is 11.3 Å². The van der Waals surface area contributed by atoms with Gasteiger partial charge in [0, 0.05) is 30.7 Å². The molecular weight excluding hydrogens is 182 g/mol. The van der Waals surface area contributed by atoms with Crippen molar-refractivity contribution in [3.63, 3.8) is 0 Å². The number of thioether (sulfide) groups is 1. The quantitative estimate of drug-likeness (QED) is 0.745. The summed E-state index contributed by atoms with van der Waals surface area (Å²) in [5.41, 5.74) is 0. The number of imidazole rings is 1. The highest BCUT2D eigenvalue weighted by molar-refractivity contribution is 7.99. The zero-order valence-corrected chi connectivity index (χ0v) is 9.43. The minimum Gasteiger partial charge on any atom is -0.329 e. The highest BCUT2D eigenvalue weighted by Crippen LogP contribution is 2.22. The maximum absolute atomic E-state index is 4.27. The van der Waals surface area contributed by atoms with Gasteiger partial charge in [0.1, 0.15) is 0 Å². The largest absolute Gasteiger partial charge is 0.329 e. The van der Waals surface area contributed by atoms with Gasteiger partial charge >= 0.3 is 0 Å². The highest BCUT2D eigenvalue weighted by atomic mass is 32.2. The summed E-state index contributed by atoms with van der Waals surface area (Å²) < 4.78 is 2.05. The molecule has 4 heteroatoms. The van der Waals surface area contributed by atoms with Crippen LogP contribution < -0.4 is 5.32 Å². The van der Waals surface area contributed by atoms with E-state index in [-0.39, 0.29) is 0 Å². The van der Waals surface area contributed by atoms with Gasteiger partial charge in [-0.25, -0.2) is 4.98 Å². The average Bonchev–Trinajstić information content (AvgIpc) is 2.50. The molecule has 0 aliphatic rings. The van der Waals surface area contributed by atoms with Crippen LogP contribution in [-0.2, 0) is 7.05 Å². The Bertz CT molecular complexity index is 259. The lowest BCUT2D eigenvalue weighted by atomic mass is 10.3. The lowest BCUT2D eigenvalue weighted by Crippen LogP contribution is -2.30. The van der Waals surface area contributed by atoms with Gasteiger partial charge in [0.25, 0.3) is 0 Å². The van der Waals surface area contributed by atoms with Crippen LogP contribution in [0.2, 0.25) is 0 Å². The Hall–Kier alpha value is -0.480. The van der Waals surface area contributed by atoms with Crippen molar-refractivity contribution in [1.82, 2.24) is 14.9 Å². The second-order valence-electron chi connectivity index (χ2n) is 3.22. The Balaban J connectivity index is 2.54. The third-order valence-corrected chi connectivity index (χ3v) is 3.61. The normalized spacial score (nSPS) is 15.7. The summed E-state index contributed by atoms with van der Waals surface area (Å²) in [6.07, 6.45) is 3.80. The first-order valence-corrected chi connectivity index (χ1v) is 5.34. The number of aryl methyl sites for hydroxylation is 1. The van der Waals surface area contributed by atoms with E-state index in [1.165, 1.54) is 0 Å². The molecule has 1 heterocycles. The molecule has 3 nitrogen and oxygen atoms in total. The molecule has 0 spiro atoms. The summed E-state index contributed by atoms with van der Waals surface area (Å²) in [5.74, 6) is 0. The van der Waals surface area contributed by atoms with Crippen LogP contribution in [0, 0.1) is 0 Å². The minimum absolute atomic E-state index is 0.502. The number of aromatic nitrogens is 2. The van der Waals surface area contributed by atoms with Gasteiger partial charge in [-0.3, -0.25) is 0 Å². The van der Waals surface area contributed by atoms with Crippen LogP contribution >= 0.6 is 11.8 Å². The van der Waals surface area contributed by atoms with Gasteiger partial charge in [0.15, 0.2) is 5.16 Å². The smallest absolute Gasteiger partial charge is 0.167 e. The molecule has 0 aromatic carbocycles. The monoisotopic (exact) mass is 199 g/mol. The molecule has 1 N–H and O–H groups in total. The molecule has 74 valence electrons. The SMILES string of the molecule is CNC(C)C(C)Sc1nccn1C. The van der Waals surface area contributed by atoms with Crippen LogP contribution in [-0.4, -0.2) is 27.9 Å². The van der Waals surface area contributed by atoms with E-state index in [0.717, 1.165) is 5.16 Å². The number of nitrogens with zero attached hydrogens (tertiary/aromatic N) is 2. The third kappa shape index (κ3) is 2.74. The molecule has 2 atom stereocenters. The van der Waals surface area contributed by atoms with Crippen LogP contribution in [0.1, 0.15) is 13.8 Å². The van der Waals surface area contributed by atoms with Crippen molar-refractivity contribution in [2.45, 2.75) is 30.3 Å². The van der Waals surface area contributed by atoms with Gasteiger partial charge < -0.3 is 9.88 Å². The van der Waals surface area contributed by atoms with Crippen LogP contribution in [0.5, 0.6) is 0 Å². The van der Waals surface area contributed by atoms with Crippen LogP contribution in [0.15, 0.2) is 17.6 Å². The number of hydrogen-bond acceptors (Lipinski definition) is 3. The van der Waals surface area contributed by atoms with Gasteiger partial charge in [-0.1, -0.05) is 18.7 Å². The van der Waals surface area contributed by atoms with Gasteiger partial charge in [0.2, 0.25) is 0 Å².